The van der Waals surface area contributed by atoms with Crippen LogP contribution in [0.3, 0.4) is 0 Å². The van der Waals surface area contributed by atoms with Crippen LogP contribution in [0.4, 0.5) is 10.8 Å². The van der Waals surface area contributed by atoms with Crippen molar-refractivity contribution in [3.8, 4) is 0 Å². The Morgan fingerprint density at radius 2 is 1.50 bits per heavy atom. The zero-order chi connectivity index (χ0) is 19.5. The largest absolute Gasteiger partial charge is 0.322 e. The molecule has 4 rings (SSSR count). The van der Waals surface area contributed by atoms with Gasteiger partial charge in [0, 0.05) is 21.8 Å². The Balaban J connectivity index is 1.51. The Morgan fingerprint density at radius 1 is 0.821 bits per heavy atom. The summed E-state index contributed by atoms with van der Waals surface area (Å²) in [5.74, 6) is -0.445. The molecular weight excluding hydrogens is 394 g/mol. The van der Waals surface area contributed by atoms with Gasteiger partial charge in [0.15, 0.2) is 5.13 Å². The van der Waals surface area contributed by atoms with Crippen LogP contribution in [0.15, 0.2) is 72.8 Å². The highest BCUT2D eigenvalue weighted by Crippen LogP contribution is 2.28. The highest BCUT2D eigenvalue weighted by Gasteiger charge is 2.11. The summed E-state index contributed by atoms with van der Waals surface area (Å²) in [4.78, 5) is 29.1. The summed E-state index contributed by atoms with van der Waals surface area (Å²) >= 11 is 7.23. The van der Waals surface area contributed by atoms with E-state index in [-0.39, 0.29) is 11.8 Å². The number of rotatable bonds is 4. The Hall–Kier alpha value is -3.22. The molecule has 28 heavy (non-hydrogen) atoms. The maximum Gasteiger partial charge on any atom is 0.257 e. The first-order chi connectivity index (χ1) is 13.6. The number of anilines is 2. The van der Waals surface area contributed by atoms with E-state index in [9.17, 15) is 9.59 Å². The first-order valence-corrected chi connectivity index (χ1v) is 9.62. The maximum absolute atomic E-state index is 12.3. The summed E-state index contributed by atoms with van der Waals surface area (Å²) in [6.45, 7) is 0. The van der Waals surface area contributed by atoms with E-state index in [1.807, 2.05) is 24.3 Å². The fourth-order valence-corrected chi connectivity index (χ4v) is 3.59. The van der Waals surface area contributed by atoms with Gasteiger partial charge in [-0.2, -0.15) is 0 Å². The second-order valence-electron chi connectivity index (χ2n) is 5.98. The lowest BCUT2D eigenvalue weighted by Crippen LogP contribution is -2.11. The van der Waals surface area contributed by atoms with E-state index < -0.39 is 0 Å². The highest BCUT2D eigenvalue weighted by molar-refractivity contribution is 7.22. The van der Waals surface area contributed by atoms with Gasteiger partial charge in [0.05, 0.1) is 10.2 Å². The molecule has 5 nitrogen and oxygen atoms in total. The maximum atomic E-state index is 12.3. The lowest BCUT2D eigenvalue weighted by molar-refractivity contribution is 0.101. The molecule has 0 unspecified atom stereocenters. The Kier molecular flexibility index (Phi) is 5.06. The van der Waals surface area contributed by atoms with Crippen molar-refractivity contribution in [2.75, 3.05) is 10.6 Å². The van der Waals surface area contributed by atoms with Crippen molar-refractivity contribution in [1.29, 1.82) is 0 Å². The number of carbonyl (C=O) groups is 2. The molecule has 1 heterocycles. The average Bonchev–Trinajstić information content (AvgIpc) is 3.10. The van der Waals surface area contributed by atoms with Gasteiger partial charge in [0.1, 0.15) is 0 Å². The molecule has 0 radical (unpaired) electrons. The summed E-state index contributed by atoms with van der Waals surface area (Å²) in [7, 11) is 0. The van der Waals surface area contributed by atoms with Crippen LogP contribution in [0.25, 0.3) is 10.2 Å². The zero-order valence-electron chi connectivity index (χ0n) is 14.5. The van der Waals surface area contributed by atoms with Crippen LogP contribution in [-0.2, 0) is 0 Å². The van der Waals surface area contributed by atoms with Gasteiger partial charge in [0.2, 0.25) is 0 Å². The molecule has 138 valence electrons. The van der Waals surface area contributed by atoms with Gasteiger partial charge in [0.25, 0.3) is 11.8 Å². The predicted octanol–water partition coefficient (Wildman–Crippen LogP) is 5.45. The summed E-state index contributed by atoms with van der Waals surface area (Å²) in [5, 5.41) is 6.73. The van der Waals surface area contributed by atoms with Crippen LogP contribution in [0, 0.1) is 0 Å². The lowest BCUT2D eigenvalue weighted by Gasteiger charge is -2.05. The van der Waals surface area contributed by atoms with Crippen LogP contribution in [0.5, 0.6) is 0 Å². The highest BCUT2D eigenvalue weighted by atomic mass is 35.5. The van der Waals surface area contributed by atoms with Crippen LogP contribution < -0.4 is 10.6 Å². The first-order valence-electron chi connectivity index (χ1n) is 8.42. The third-order valence-electron chi connectivity index (χ3n) is 4.01. The Morgan fingerprint density at radius 3 is 2.25 bits per heavy atom. The van der Waals surface area contributed by atoms with Crippen LogP contribution >= 0.6 is 22.9 Å². The van der Waals surface area contributed by atoms with E-state index in [2.05, 4.69) is 15.6 Å². The van der Waals surface area contributed by atoms with Crippen molar-refractivity contribution in [3.05, 3.63) is 88.9 Å². The number of nitrogens with one attached hydrogen (secondary N) is 2. The number of aromatic nitrogens is 1. The molecule has 0 bridgehead atoms. The van der Waals surface area contributed by atoms with Gasteiger partial charge in [-0.1, -0.05) is 41.1 Å². The second kappa shape index (κ2) is 7.80. The monoisotopic (exact) mass is 407 g/mol. The van der Waals surface area contributed by atoms with Crippen LogP contribution in [-0.4, -0.2) is 16.8 Å². The lowest BCUT2D eigenvalue weighted by atomic mass is 10.2. The Bertz CT molecular complexity index is 1160. The number of benzene rings is 3. The number of hydrogen-bond donors (Lipinski definition) is 2. The number of amides is 2. The minimum absolute atomic E-state index is 0.212. The summed E-state index contributed by atoms with van der Waals surface area (Å²) < 4.78 is 0.910. The SMILES string of the molecule is O=C(Nc1ccc2sc(NC(=O)c3ccccc3)nc2c1)c1ccc(Cl)cc1. The molecule has 0 aliphatic rings. The molecule has 0 fully saturated rings. The normalized spacial score (nSPS) is 10.6. The zero-order valence-corrected chi connectivity index (χ0v) is 16.1. The summed E-state index contributed by atoms with van der Waals surface area (Å²) in [6, 6.07) is 21.1. The smallest absolute Gasteiger partial charge is 0.257 e. The molecule has 7 heteroatoms. The van der Waals surface area contributed by atoms with E-state index in [0.29, 0.717) is 32.5 Å². The molecule has 2 amide bonds. The van der Waals surface area contributed by atoms with Gasteiger partial charge >= 0.3 is 0 Å². The fraction of sp³-hybridized carbons (Fsp3) is 0. The molecular formula is C21H14ClN3O2S. The number of thiazole rings is 1. The molecule has 0 saturated carbocycles. The van der Waals surface area contributed by atoms with Crippen molar-refractivity contribution in [1.82, 2.24) is 4.98 Å². The molecule has 0 atom stereocenters. The molecule has 0 spiro atoms. The van der Waals surface area contributed by atoms with Gasteiger partial charge in [-0.25, -0.2) is 4.98 Å². The number of fused-ring (bicyclic) bond motifs is 1. The van der Waals surface area contributed by atoms with Gasteiger partial charge in [-0.3, -0.25) is 14.9 Å². The van der Waals surface area contributed by atoms with Crippen molar-refractivity contribution < 1.29 is 9.59 Å². The van der Waals surface area contributed by atoms with Crippen molar-refractivity contribution in [2.45, 2.75) is 0 Å². The van der Waals surface area contributed by atoms with E-state index in [1.54, 1.807) is 48.5 Å². The third-order valence-corrected chi connectivity index (χ3v) is 5.21. The molecule has 0 aliphatic carbocycles. The van der Waals surface area contributed by atoms with Crippen LogP contribution in [0.2, 0.25) is 5.02 Å². The Labute approximate surface area is 170 Å². The second-order valence-corrected chi connectivity index (χ2v) is 7.45. The topological polar surface area (TPSA) is 71.1 Å². The number of hydrogen-bond acceptors (Lipinski definition) is 4. The van der Waals surface area contributed by atoms with Crippen molar-refractivity contribution >= 4 is 55.8 Å². The molecule has 4 aromatic rings. The number of nitrogens with zero attached hydrogens (tertiary/aromatic N) is 1. The minimum Gasteiger partial charge on any atom is -0.322 e. The molecule has 0 saturated heterocycles. The average molecular weight is 408 g/mol. The standard InChI is InChI=1S/C21H14ClN3O2S/c22-15-8-6-14(7-9-15)19(26)23-16-10-11-18-17(12-16)24-21(28-18)25-20(27)13-4-2-1-3-5-13/h1-12H,(H,23,26)(H,24,25,27). The molecule has 1 aromatic heterocycles. The summed E-state index contributed by atoms with van der Waals surface area (Å²) in [5.41, 5.74) is 2.40. The molecule has 3 aromatic carbocycles. The van der Waals surface area contributed by atoms with E-state index >= 15 is 0 Å². The summed E-state index contributed by atoms with van der Waals surface area (Å²) in [6.07, 6.45) is 0. The van der Waals surface area contributed by atoms with E-state index in [4.69, 9.17) is 11.6 Å². The van der Waals surface area contributed by atoms with Crippen molar-refractivity contribution in [3.63, 3.8) is 0 Å². The fourth-order valence-electron chi connectivity index (χ4n) is 2.62. The predicted molar refractivity (Wildman–Crippen MR) is 113 cm³/mol. The quantitative estimate of drug-likeness (QED) is 0.472. The minimum atomic E-state index is -0.233. The van der Waals surface area contributed by atoms with Crippen molar-refractivity contribution in [2.24, 2.45) is 0 Å². The van der Waals surface area contributed by atoms with E-state index in [0.717, 1.165) is 4.70 Å². The van der Waals surface area contributed by atoms with Gasteiger partial charge < -0.3 is 5.32 Å². The molecule has 0 aliphatic heterocycles. The van der Waals surface area contributed by atoms with Gasteiger partial charge in [-0.15, -0.1) is 0 Å². The number of halogens is 1. The molecule has 2 N–H and O–H groups in total. The van der Waals surface area contributed by atoms with Gasteiger partial charge in [-0.05, 0) is 54.6 Å². The third kappa shape index (κ3) is 4.03. The van der Waals surface area contributed by atoms with Crippen LogP contribution in [0.1, 0.15) is 20.7 Å². The number of carbonyl (C=O) groups excluding carboxylic acids is 2. The van der Waals surface area contributed by atoms with E-state index in [1.165, 1.54) is 11.3 Å². The first kappa shape index (κ1) is 18.2.